The van der Waals surface area contributed by atoms with Gasteiger partial charge in [-0.1, -0.05) is 12.7 Å². The van der Waals surface area contributed by atoms with Gasteiger partial charge in [0.15, 0.2) is 0 Å². The van der Waals surface area contributed by atoms with E-state index in [9.17, 15) is 14.4 Å². The van der Waals surface area contributed by atoms with Gasteiger partial charge in [-0.15, -0.1) is 0 Å². The number of esters is 3. The normalized spacial score (nSPS) is 38.3. The van der Waals surface area contributed by atoms with Gasteiger partial charge in [-0.3, -0.25) is 9.59 Å². The van der Waals surface area contributed by atoms with Gasteiger partial charge in [0.05, 0.1) is 6.10 Å². The molecule has 6 nitrogen and oxygen atoms in total. The van der Waals surface area contributed by atoms with Crippen LogP contribution in [0, 0.1) is 11.8 Å². The first kappa shape index (κ1) is 12.1. The molecule has 0 aromatic rings. The van der Waals surface area contributed by atoms with Crippen molar-refractivity contribution in [2.24, 2.45) is 11.8 Å². The van der Waals surface area contributed by atoms with E-state index in [4.69, 9.17) is 9.47 Å². The smallest absolute Gasteiger partial charge is 0.333 e. The van der Waals surface area contributed by atoms with Crippen molar-refractivity contribution in [2.75, 3.05) is 6.61 Å². The summed E-state index contributed by atoms with van der Waals surface area (Å²) in [6.45, 7) is 4.87. The molecule has 0 saturated carbocycles. The second kappa shape index (κ2) is 3.77. The van der Waals surface area contributed by atoms with Crippen LogP contribution in [0.15, 0.2) is 24.3 Å². The molecular formula is C13H12O6. The molecule has 0 aromatic heterocycles. The lowest BCUT2D eigenvalue weighted by molar-refractivity contribution is -0.162. The molecule has 2 saturated heterocycles. The maximum atomic E-state index is 11.7. The number of carbonyl (C=O) groups excluding carboxylic acids is 3. The lowest BCUT2D eigenvalue weighted by atomic mass is 9.77. The van der Waals surface area contributed by atoms with E-state index in [0.29, 0.717) is 0 Å². The second-order valence-electron chi connectivity index (χ2n) is 5.00. The van der Waals surface area contributed by atoms with Gasteiger partial charge in [-0.2, -0.15) is 0 Å². The Balaban J connectivity index is 1.82. The Morgan fingerprint density at radius 3 is 2.89 bits per heavy atom. The van der Waals surface area contributed by atoms with Crippen molar-refractivity contribution < 1.29 is 28.6 Å². The van der Waals surface area contributed by atoms with Crippen molar-refractivity contribution in [3.8, 4) is 0 Å². The van der Waals surface area contributed by atoms with Crippen LogP contribution in [0.4, 0.5) is 0 Å². The summed E-state index contributed by atoms with van der Waals surface area (Å²) in [5.41, 5.74) is -0.821. The highest BCUT2D eigenvalue weighted by Crippen LogP contribution is 2.51. The van der Waals surface area contributed by atoms with E-state index < -0.39 is 41.4 Å². The number of carbonyl (C=O) groups is 3. The standard InChI is InChI=1S/C13H12O6/c1-6(2)10(14)17-5-13-4-3-7(19-13)8-9(13)12(16)18-11(8)15/h3-4,7-9H,1,5H2,2H3/t7-,8-,9+,13-/m1/s1. The first-order valence-corrected chi connectivity index (χ1v) is 5.90. The van der Waals surface area contributed by atoms with Crippen molar-refractivity contribution >= 4 is 17.9 Å². The summed E-state index contributed by atoms with van der Waals surface area (Å²) in [4.78, 5) is 34.7. The third-order valence-electron chi connectivity index (χ3n) is 3.67. The van der Waals surface area contributed by atoms with Crippen molar-refractivity contribution in [1.82, 2.24) is 0 Å². The van der Waals surface area contributed by atoms with E-state index in [1.165, 1.54) is 6.92 Å². The highest BCUT2D eigenvalue weighted by molar-refractivity contribution is 5.99. The van der Waals surface area contributed by atoms with Crippen molar-refractivity contribution in [1.29, 1.82) is 0 Å². The molecule has 0 spiro atoms. The third kappa shape index (κ3) is 1.56. The molecular weight excluding hydrogens is 252 g/mol. The van der Waals surface area contributed by atoms with Gasteiger partial charge >= 0.3 is 17.9 Å². The largest absolute Gasteiger partial charge is 0.459 e. The fourth-order valence-corrected chi connectivity index (χ4v) is 2.77. The molecule has 3 aliphatic heterocycles. The Kier molecular flexibility index (Phi) is 2.40. The minimum absolute atomic E-state index is 0.130. The first-order valence-electron chi connectivity index (χ1n) is 5.90. The van der Waals surface area contributed by atoms with E-state index in [-0.39, 0.29) is 12.2 Å². The predicted molar refractivity (Wildman–Crippen MR) is 60.6 cm³/mol. The Labute approximate surface area is 109 Å². The summed E-state index contributed by atoms with van der Waals surface area (Å²) < 4.78 is 15.4. The summed E-state index contributed by atoms with van der Waals surface area (Å²) in [6, 6.07) is 0. The minimum Gasteiger partial charge on any atom is -0.459 e. The third-order valence-corrected chi connectivity index (χ3v) is 3.67. The topological polar surface area (TPSA) is 78.9 Å². The van der Waals surface area contributed by atoms with Crippen LogP contribution in [0.5, 0.6) is 0 Å². The lowest BCUT2D eigenvalue weighted by Gasteiger charge is -2.26. The zero-order chi connectivity index (χ0) is 13.8. The molecule has 0 amide bonds. The van der Waals surface area contributed by atoms with Gasteiger partial charge in [-0.25, -0.2) is 4.79 Å². The molecule has 0 aromatic carbocycles. The minimum atomic E-state index is -1.08. The average molecular weight is 264 g/mol. The van der Waals surface area contributed by atoms with Gasteiger partial charge in [0, 0.05) is 5.57 Å². The van der Waals surface area contributed by atoms with Crippen LogP contribution in [0.3, 0.4) is 0 Å². The van der Waals surface area contributed by atoms with Crippen LogP contribution >= 0.6 is 0 Å². The fraction of sp³-hybridized carbons (Fsp3) is 0.462. The van der Waals surface area contributed by atoms with Crippen LogP contribution in [-0.4, -0.2) is 36.2 Å². The van der Waals surface area contributed by atoms with Gasteiger partial charge in [-0.05, 0) is 13.0 Å². The average Bonchev–Trinajstić information content (AvgIpc) is 2.98. The summed E-state index contributed by atoms with van der Waals surface area (Å²) in [6.07, 6.45) is 2.90. The van der Waals surface area contributed by atoms with Gasteiger partial charge in [0.25, 0.3) is 0 Å². The maximum Gasteiger partial charge on any atom is 0.333 e. The highest BCUT2D eigenvalue weighted by Gasteiger charge is 2.67. The number of hydrogen-bond donors (Lipinski definition) is 0. The molecule has 2 bridgehead atoms. The van der Waals surface area contributed by atoms with E-state index in [1.807, 2.05) is 0 Å². The lowest BCUT2D eigenvalue weighted by Crippen LogP contribution is -2.42. The van der Waals surface area contributed by atoms with Gasteiger partial charge in [0.2, 0.25) is 0 Å². The molecule has 4 atom stereocenters. The molecule has 3 rings (SSSR count). The van der Waals surface area contributed by atoms with E-state index in [1.54, 1.807) is 12.2 Å². The Morgan fingerprint density at radius 1 is 1.47 bits per heavy atom. The first-order chi connectivity index (χ1) is 8.94. The van der Waals surface area contributed by atoms with Crippen LogP contribution in [0.25, 0.3) is 0 Å². The van der Waals surface area contributed by atoms with Crippen LogP contribution in [-0.2, 0) is 28.6 Å². The van der Waals surface area contributed by atoms with Crippen LogP contribution < -0.4 is 0 Å². The predicted octanol–water partition coefficient (Wildman–Crippen LogP) is 0.129. The zero-order valence-corrected chi connectivity index (χ0v) is 10.3. The Hall–Kier alpha value is -1.95. The molecule has 0 radical (unpaired) electrons. The molecule has 0 aliphatic carbocycles. The quantitative estimate of drug-likeness (QED) is 0.312. The summed E-state index contributed by atoms with van der Waals surface area (Å²) in [7, 11) is 0. The zero-order valence-electron chi connectivity index (χ0n) is 10.3. The van der Waals surface area contributed by atoms with Gasteiger partial charge < -0.3 is 14.2 Å². The van der Waals surface area contributed by atoms with E-state index in [0.717, 1.165) is 0 Å². The van der Waals surface area contributed by atoms with Crippen LogP contribution in [0.1, 0.15) is 6.92 Å². The van der Waals surface area contributed by atoms with Gasteiger partial charge in [0.1, 0.15) is 24.0 Å². The van der Waals surface area contributed by atoms with E-state index >= 15 is 0 Å². The number of rotatable bonds is 3. The molecule has 0 N–H and O–H groups in total. The SMILES string of the molecule is C=C(C)C(=O)OC[C@@]12C=C[C@@H](O1)[C@H]1C(=O)OC(=O)[C@H]12. The maximum absolute atomic E-state index is 11.7. The second-order valence-corrected chi connectivity index (χ2v) is 5.00. The molecule has 2 fully saturated rings. The molecule has 100 valence electrons. The number of cyclic esters (lactones) is 2. The molecule has 19 heavy (non-hydrogen) atoms. The fourth-order valence-electron chi connectivity index (χ4n) is 2.77. The molecule has 6 heteroatoms. The number of fused-ring (bicyclic) bond motifs is 5. The molecule has 0 unspecified atom stereocenters. The van der Waals surface area contributed by atoms with Crippen molar-refractivity contribution in [3.05, 3.63) is 24.3 Å². The van der Waals surface area contributed by atoms with Crippen molar-refractivity contribution in [2.45, 2.75) is 18.6 Å². The van der Waals surface area contributed by atoms with Crippen molar-refractivity contribution in [3.63, 3.8) is 0 Å². The number of hydrogen-bond acceptors (Lipinski definition) is 6. The van der Waals surface area contributed by atoms with Crippen LogP contribution in [0.2, 0.25) is 0 Å². The monoisotopic (exact) mass is 264 g/mol. The summed E-state index contributed by atoms with van der Waals surface area (Å²) in [5.74, 6) is -3.10. The Bertz CT molecular complexity index is 533. The molecule has 3 aliphatic rings. The highest BCUT2D eigenvalue weighted by atomic mass is 16.6. The summed E-state index contributed by atoms with van der Waals surface area (Å²) in [5, 5.41) is 0. The van der Waals surface area contributed by atoms with E-state index in [2.05, 4.69) is 11.3 Å². The number of ether oxygens (including phenoxy) is 3. The molecule has 3 heterocycles. The Morgan fingerprint density at radius 2 is 2.21 bits per heavy atom. The summed E-state index contributed by atoms with van der Waals surface area (Å²) >= 11 is 0.